The summed E-state index contributed by atoms with van der Waals surface area (Å²) in [4.78, 5) is 33.8. The van der Waals surface area contributed by atoms with Gasteiger partial charge in [0.1, 0.15) is 11.8 Å². The van der Waals surface area contributed by atoms with Crippen LogP contribution >= 0.6 is 0 Å². The van der Waals surface area contributed by atoms with Gasteiger partial charge >= 0.3 is 0 Å². The van der Waals surface area contributed by atoms with E-state index in [4.69, 9.17) is 15.2 Å². The molecule has 2 aromatic rings. The Morgan fingerprint density at radius 2 is 2.17 bits per heavy atom. The lowest BCUT2D eigenvalue weighted by atomic mass is 10.0. The van der Waals surface area contributed by atoms with Crippen LogP contribution < -0.4 is 10.5 Å². The second-order valence-corrected chi connectivity index (χ2v) is 7.22. The molecule has 0 bridgehead atoms. The van der Waals surface area contributed by atoms with Crippen molar-refractivity contribution in [2.24, 2.45) is 5.73 Å². The van der Waals surface area contributed by atoms with Crippen molar-refractivity contribution in [3.63, 3.8) is 0 Å². The summed E-state index contributed by atoms with van der Waals surface area (Å²) in [7, 11) is 1.63. The maximum Gasteiger partial charge on any atom is 0.267 e. The van der Waals surface area contributed by atoms with Gasteiger partial charge in [0.05, 0.1) is 13.2 Å². The van der Waals surface area contributed by atoms with Gasteiger partial charge in [0.25, 0.3) is 11.8 Å². The lowest BCUT2D eigenvalue weighted by Gasteiger charge is -2.26. The van der Waals surface area contributed by atoms with E-state index in [2.05, 4.69) is 21.8 Å². The minimum absolute atomic E-state index is 0.0284. The molecule has 0 spiro atoms. The molecule has 2 fully saturated rings. The van der Waals surface area contributed by atoms with Gasteiger partial charge in [-0.1, -0.05) is 24.0 Å². The van der Waals surface area contributed by atoms with Gasteiger partial charge in [0, 0.05) is 37.2 Å². The monoisotopic (exact) mass is 408 g/mol. The highest BCUT2D eigenvalue weighted by molar-refractivity contribution is 5.91. The van der Waals surface area contributed by atoms with Crippen LogP contribution in [0, 0.1) is 11.8 Å². The first-order valence-electron chi connectivity index (χ1n) is 9.39. The summed E-state index contributed by atoms with van der Waals surface area (Å²) in [6.45, 7) is 1.35. The Balaban J connectivity index is 1.64. The number of rotatable bonds is 4. The maximum atomic E-state index is 12.1. The van der Waals surface area contributed by atoms with Crippen molar-refractivity contribution in [3.8, 4) is 29.1 Å². The van der Waals surface area contributed by atoms with Gasteiger partial charge in [0.2, 0.25) is 11.5 Å². The standard InChI is InChI=1S/C21H20N4O5/c1-25-8-7-21(28,20(25)27)6-5-13-3-2-4-14(9-13)19-23-16(18(22)26)10-17(24-19)30-15-11-29-12-15/h2-4,9-10,15,28H,7-8,11-12H2,1H3,(H2,22,26)/t21-/m0/s1. The van der Waals surface area contributed by atoms with E-state index < -0.39 is 17.4 Å². The van der Waals surface area contributed by atoms with Gasteiger partial charge in [-0.3, -0.25) is 9.59 Å². The largest absolute Gasteiger partial charge is 0.469 e. The zero-order valence-corrected chi connectivity index (χ0v) is 16.3. The van der Waals surface area contributed by atoms with Gasteiger partial charge in [-0.2, -0.15) is 4.98 Å². The van der Waals surface area contributed by atoms with Crippen LogP contribution in [0.25, 0.3) is 11.4 Å². The van der Waals surface area contributed by atoms with Crippen LogP contribution in [0.3, 0.4) is 0 Å². The number of nitrogens with two attached hydrogens (primary N) is 1. The highest BCUT2D eigenvalue weighted by Crippen LogP contribution is 2.23. The van der Waals surface area contributed by atoms with E-state index in [1.165, 1.54) is 11.0 Å². The molecule has 2 aliphatic rings. The summed E-state index contributed by atoms with van der Waals surface area (Å²) in [6, 6.07) is 8.34. The van der Waals surface area contributed by atoms with Crippen LogP contribution in [0.15, 0.2) is 30.3 Å². The van der Waals surface area contributed by atoms with Crippen molar-refractivity contribution in [1.82, 2.24) is 14.9 Å². The molecular formula is C21H20N4O5. The highest BCUT2D eigenvalue weighted by Gasteiger charge is 2.42. The maximum absolute atomic E-state index is 12.1. The van der Waals surface area contributed by atoms with Gasteiger partial charge in [-0.15, -0.1) is 0 Å². The normalized spacial score (nSPS) is 21.0. The zero-order valence-electron chi connectivity index (χ0n) is 16.3. The van der Waals surface area contributed by atoms with E-state index in [1.807, 2.05) is 0 Å². The van der Waals surface area contributed by atoms with E-state index in [-0.39, 0.29) is 29.9 Å². The minimum Gasteiger partial charge on any atom is -0.469 e. The van der Waals surface area contributed by atoms with Gasteiger partial charge in [-0.05, 0) is 12.1 Å². The zero-order chi connectivity index (χ0) is 21.3. The van der Waals surface area contributed by atoms with E-state index in [1.54, 1.807) is 31.3 Å². The third-order valence-corrected chi connectivity index (χ3v) is 4.89. The molecular weight excluding hydrogens is 388 g/mol. The number of benzene rings is 1. The molecule has 0 aliphatic carbocycles. The molecule has 0 unspecified atom stereocenters. The fourth-order valence-corrected chi connectivity index (χ4v) is 3.07. The number of likely N-dealkylation sites (N-methyl/N-ethyl adjacent to an activating group) is 1. The molecule has 2 amide bonds. The van der Waals surface area contributed by atoms with Gasteiger partial charge in [0.15, 0.2) is 5.82 Å². The molecule has 3 heterocycles. The summed E-state index contributed by atoms with van der Waals surface area (Å²) in [5, 5.41) is 10.5. The molecule has 1 atom stereocenters. The molecule has 154 valence electrons. The fraction of sp³-hybridized carbons (Fsp3) is 0.333. The number of likely N-dealkylation sites (tertiary alicyclic amines) is 1. The Morgan fingerprint density at radius 3 is 2.80 bits per heavy atom. The highest BCUT2D eigenvalue weighted by atomic mass is 16.6. The number of ether oxygens (including phenoxy) is 2. The Labute approximate surface area is 172 Å². The molecule has 4 rings (SSSR count). The predicted molar refractivity (Wildman–Crippen MR) is 105 cm³/mol. The lowest BCUT2D eigenvalue weighted by Crippen LogP contribution is -2.38. The van der Waals surface area contributed by atoms with Crippen LogP contribution in [-0.2, 0) is 9.53 Å². The summed E-state index contributed by atoms with van der Waals surface area (Å²) >= 11 is 0. The number of primary amides is 1. The van der Waals surface area contributed by atoms with E-state index in [0.29, 0.717) is 30.9 Å². The smallest absolute Gasteiger partial charge is 0.267 e. The SMILES string of the molecule is CN1CC[C@@](O)(C#Cc2cccc(-c3nc(OC4COC4)cc(C(N)=O)n3)c2)C1=O. The van der Waals surface area contributed by atoms with Crippen molar-refractivity contribution in [1.29, 1.82) is 0 Å². The molecule has 9 heteroatoms. The van der Waals surface area contributed by atoms with Crippen LogP contribution in [0.1, 0.15) is 22.5 Å². The fourth-order valence-electron chi connectivity index (χ4n) is 3.07. The lowest BCUT2D eigenvalue weighted by molar-refractivity contribution is -0.137. The molecule has 30 heavy (non-hydrogen) atoms. The summed E-state index contributed by atoms with van der Waals surface area (Å²) in [6.07, 6.45) is 0.123. The Hall–Kier alpha value is -3.48. The summed E-state index contributed by atoms with van der Waals surface area (Å²) in [5.41, 5.74) is 4.89. The molecule has 1 aromatic carbocycles. The third kappa shape index (κ3) is 3.96. The van der Waals surface area contributed by atoms with Gasteiger partial charge < -0.3 is 25.2 Å². The Bertz CT molecular complexity index is 1070. The third-order valence-electron chi connectivity index (χ3n) is 4.89. The molecule has 1 aromatic heterocycles. The van der Waals surface area contributed by atoms with Crippen molar-refractivity contribution in [2.45, 2.75) is 18.1 Å². The molecule has 9 nitrogen and oxygen atoms in total. The number of aliphatic hydroxyl groups is 1. The van der Waals surface area contributed by atoms with Crippen LogP contribution in [0.2, 0.25) is 0 Å². The van der Waals surface area contributed by atoms with E-state index >= 15 is 0 Å². The minimum atomic E-state index is -1.68. The number of nitrogens with zero attached hydrogens (tertiary/aromatic N) is 3. The van der Waals surface area contributed by atoms with Crippen LogP contribution in [0.4, 0.5) is 0 Å². The molecule has 2 aliphatic heterocycles. The topological polar surface area (TPSA) is 128 Å². The number of aromatic nitrogens is 2. The summed E-state index contributed by atoms with van der Waals surface area (Å²) < 4.78 is 10.8. The van der Waals surface area contributed by atoms with Crippen LogP contribution in [0.5, 0.6) is 5.88 Å². The molecule has 2 saturated heterocycles. The van der Waals surface area contributed by atoms with E-state index in [9.17, 15) is 14.7 Å². The summed E-state index contributed by atoms with van der Waals surface area (Å²) in [5.74, 6) is 4.89. The average Bonchev–Trinajstić information content (AvgIpc) is 2.97. The van der Waals surface area contributed by atoms with Crippen LogP contribution in [-0.4, -0.2) is 70.3 Å². The molecule has 0 saturated carbocycles. The van der Waals surface area contributed by atoms with Gasteiger partial charge in [-0.25, -0.2) is 4.98 Å². The molecule has 3 N–H and O–H groups in total. The van der Waals surface area contributed by atoms with Crippen molar-refractivity contribution >= 4 is 11.8 Å². The number of carbonyl (C=O) groups is 2. The number of carbonyl (C=O) groups excluding carboxylic acids is 2. The van der Waals surface area contributed by atoms with Crippen molar-refractivity contribution in [2.75, 3.05) is 26.8 Å². The first-order valence-corrected chi connectivity index (χ1v) is 9.39. The molecule has 0 radical (unpaired) electrons. The first kappa shape index (κ1) is 19.8. The number of hydrogen-bond acceptors (Lipinski definition) is 7. The first-order chi connectivity index (χ1) is 14.3. The quantitative estimate of drug-likeness (QED) is 0.680. The average molecular weight is 408 g/mol. The number of amides is 2. The van der Waals surface area contributed by atoms with Crippen molar-refractivity contribution in [3.05, 3.63) is 41.6 Å². The number of hydrogen-bond donors (Lipinski definition) is 2. The Morgan fingerprint density at radius 1 is 1.37 bits per heavy atom. The van der Waals surface area contributed by atoms with Crippen molar-refractivity contribution < 1.29 is 24.2 Å². The second kappa shape index (κ2) is 7.74. The van der Waals surface area contributed by atoms with E-state index in [0.717, 1.165) is 0 Å². The Kier molecular flexibility index (Phi) is 5.11. The predicted octanol–water partition coefficient (Wildman–Crippen LogP) is -0.0352. The second-order valence-electron chi connectivity index (χ2n) is 7.22.